The Bertz CT molecular complexity index is 383. The van der Waals surface area contributed by atoms with Crippen LogP contribution in [0.2, 0.25) is 0 Å². The minimum atomic E-state index is 1.02. The SMILES string of the molecule is C=Cc1ccncc1CC.c1ccncc1. The summed E-state index contributed by atoms with van der Waals surface area (Å²) < 4.78 is 0. The van der Waals surface area contributed by atoms with Gasteiger partial charge in [0.05, 0.1) is 0 Å². The first-order valence-electron chi connectivity index (χ1n) is 5.28. The molecule has 2 aromatic rings. The van der Waals surface area contributed by atoms with E-state index in [0.29, 0.717) is 0 Å². The van der Waals surface area contributed by atoms with Crippen molar-refractivity contribution in [2.75, 3.05) is 0 Å². The van der Waals surface area contributed by atoms with E-state index in [4.69, 9.17) is 0 Å². The summed E-state index contributed by atoms with van der Waals surface area (Å²) in [5.41, 5.74) is 2.45. The van der Waals surface area contributed by atoms with E-state index in [1.807, 2.05) is 36.5 Å². The number of hydrogen-bond acceptors (Lipinski definition) is 2. The molecule has 0 aliphatic carbocycles. The molecular weight excluding hydrogens is 196 g/mol. The van der Waals surface area contributed by atoms with Gasteiger partial charge in [0.15, 0.2) is 0 Å². The third-order valence-corrected chi connectivity index (χ3v) is 2.11. The molecule has 0 spiro atoms. The van der Waals surface area contributed by atoms with Gasteiger partial charge in [0.2, 0.25) is 0 Å². The standard InChI is InChI=1S/C9H11N.C5H5N/c1-3-8-5-6-10-7-9(8)4-2;1-2-4-6-5-3-1/h3,5-7H,1,4H2,2H3;1-5H. The molecule has 0 saturated carbocycles. The predicted molar refractivity (Wildman–Crippen MR) is 67.9 cm³/mol. The molecule has 0 bridgehead atoms. The van der Waals surface area contributed by atoms with E-state index in [1.165, 1.54) is 11.1 Å². The second kappa shape index (κ2) is 7.35. The molecule has 0 amide bonds. The number of hydrogen-bond donors (Lipinski definition) is 0. The zero-order valence-corrected chi connectivity index (χ0v) is 9.50. The minimum absolute atomic E-state index is 1.02. The highest BCUT2D eigenvalue weighted by molar-refractivity contribution is 5.50. The van der Waals surface area contributed by atoms with Crippen molar-refractivity contribution in [2.45, 2.75) is 13.3 Å². The van der Waals surface area contributed by atoms with Crippen LogP contribution in [0.4, 0.5) is 0 Å². The molecule has 0 aliphatic rings. The first kappa shape index (κ1) is 12.1. The largest absolute Gasteiger partial charge is 0.265 e. The Balaban J connectivity index is 0.000000181. The number of pyridine rings is 2. The molecule has 0 fully saturated rings. The van der Waals surface area contributed by atoms with Crippen molar-refractivity contribution in [2.24, 2.45) is 0 Å². The summed E-state index contributed by atoms with van der Waals surface area (Å²) in [6.45, 7) is 5.83. The van der Waals surface area contributed by atoms with Crippen molar-refractivity contribution in [1.82, 2.24) is 9.97 Å². The molecule has 0 aromatic carbocycles. The molecular formula is C14H16N2. The highest BCUT2D eigenvalue weighted by Crippen LogP contribution is 2.07. The monoisotopic (exact) mass is 212 g/mol. The van der Waals surface area contributed by atoms with Crippen LogP contribution in [0, 0.1) is 0 Å². The highest BCUT2D eigenvalue weighted by Gasteiger charge is 1.92. The van der Waals surface area contributed by atoms with Crippen molar-refractivity contribution in [3.63, 3.8) is 0 Å². The fourth-order valence-corrected chi connectivity index (χ4v) is 1.25. The number of aryl methyl sites for hydroxylation is 1. The first-order valence-corrected chi connectivity index (χ1v) is 5.28. The maximum Gasteiger partial charge on any atom is 0.0305 e. The van der Waals surface area contributed by atoms with Gasteiger partial charge in [-0.3, -0.25) is 9.97 Å². The molecule has 0 radical (unpaired) electrons. The Morgan fingerprint density at radius 2 is 1.88 bits per heavy atom. The normalized spacial score (nSPS) is 8.81. The van der Waals surface area contributed by atoms with Gasteiger partial charge >= 0.3 is 0 Å². The quantitative estimate of drug-likeness (QED) is 0.762. The van der Waals surface area contributed by atoms with E-state index >= 15 is 0 Å². The van der Waals surface area contributed by atoms with E-state index in [-0.39, 0.29) is 0 Å². The summed E-state index contributed by atoms with van der Waals surface area (Å²) in [4.78, 5) is 7.80. The van der Waals surface area contributed by atoms with Gasteiger partial charge in [-0.05, 0) is 35.7 Å². The second-order valence-corrected chi connectivity index (χ2v) is 3.16. The van der Waals surface area contributed by atoms with Crippen LogP contribution in [0.1, 0.15) is 18.1 Å². The summed E-state index contributed by atoms with van der Waals surface area (Å²) >= 11 is 0. The Morgan fingerprint density at radius 3 is 2.25 bits per heavy atom. The molecule has 2 heteroatoms. The van der Waals surface area contributed by atoms with Crippen LogP contribution in [0.15, 0.2) is 55.6 Å². The molecule has 2 aromatic heterocycles. The van der Waals surface area contributed by atoms with E-state index in [9.17, 15) is 0 Å². The summed E-state index contributed by atoms with van der Waals surface area (Å²) in [6, 6.07) is 7.69. The van der Waals surface area contributed by atoms with Crippen LogP contribution < -0.4 is 0 Å². The molecule has 0 unspecified atom stereocenters. The van der Waals surface area contributed by atoms with E-state index in [1.54, 1.807) is 18.6 Å². The molecule has 0 atom stereocenters. The van der Waals surface area contributed by atoms with Crippen molar-refractivity contribution in [1.29, 1.82) is 0 Å². The van der Waals surface area contributed by atoms with Crippen LogP contribution in [-0.2, 0) is 6.42 Å². The van der Waals surface area contributed by atoms with E-state index in [0.717, 1.165) is 6.42 Å². The Morgan fingerprint density at radius 1 is 1.12 bits per heavy atom. The third-order valence-electron chi connectivity index (χ3n) is 2.11. The van der Waals surface area contributed by atoms with Crippen LogP contribution in [0.3, 0.4) is 0 Å². The highest BCUT2D eigenvalue weighted by atomic mass is 14.6. The van der Waals surface area contributed by atoms with Gasteiger partial charge in [-0.1, -0.05) is 25.6 Å². The molecule has 0 N–H and O–H groups in total. The van der Waals surface area contributed by atoms with E-state index < -0.39 is 0 Å². The summed E-state index contributed by atoms with van der Waals surface area (Å²) in [5.74, 6) is 0. The average Bonchev–Trinajstić information content (AvgIpc) is 2.41. The smallest absolute Gasteiger partial charge is 0.0305 e. The third kappa shape index (κ3) is 4.05. The first-order chi connectivity index (χ1) is 7.88. The lowest BCUT2D eigenvalue weighted by Gasteiger charge is -1.98. The van der Waals surface area contributed by atoms with Crippen LogP contribution in [0.25, 0.3) is 6.08 Å². The van der Waals surface area contributed by atoms with Gasteiger partial charge in [-0.25, -0.2) is 0 Å². The lowest BCUT2D eigenvalue weighted by molar-refractivity contribution is 1.10. The Kier molecular flexibility index (Phi) is 5.56. The van der Waals surface area contributed by atoms with Crippen molar-refractivity contribution < 1.29 is 0 Å². The molecule has 2 heterocycles. The average molecular weight is 212 g/mol. The van der Waals surface area contributed by atoms with E-state index in [2.05, 4.69) is 23.5 Å². The number of nitrogens with zero attached hydrogens (tertiary/aromatic N) is 2. The lowest BCUT2D eigenvalue weighted by Crippen LogP contribution is -1.85. The second-order valence-electron chi connectivity index (χ2n) is 3.16. The van der Waals surface area contributed by atoms with Gasteiger partial charge in [0.1, 0.15) is 0 Å². The predicted octanol–water partition coefficient (Wildman–Crippen LogP) is 3.37. The van der Waals surface area contributed by atoms with Gasteiger partial charge in [0, 0.05) is 24.8 Å². The summed E-state index contributed by atoms with van der Waals surface area (Å²) in [6.07, 6.45) is 10.1. The van der Waals surface area contributed by atoms with Crippen molar-refractivity contribution in [3.05, 3.63) is 66.8 Å². The molecule has 82 valence electrons. The summed E-state index contributed by atoms with van der Waals surface area (Å²) in [7, 11) is 0. The molecule has 0 saturated heterocycles. The van der Waals surface area contributed by atoms with Crippen LogP contribution >= 0.6 is 0 Å². The zero-order valence-electron chi connectivity index (χ0n) is 9.50. The Labute approximate surface area is 96.7 Å². The zero-order chi connectivity index (χ0) is 11.6. The van der Waals surface area contributed by atoms with Gasteiger partial charge in [0.25, 0.3) is 0 Å². The van der Waals surface area contributed by atoms with Gasteiger partial charge < -0.3 is 0 Å². The fourth-order valence-electron chi connectivity index (χ4n) is 1.25. The van der Waals surface area contributed by atoms with Crippen molar-refractivity contribution in [3.8, 4) is 0 Å². The van der Waals surface area contributed by atoms with Crippen LogP contribution in [-0.4, -0.2) is 9.97 Å². The van der Waals surface area contributed by atoms with Crippen molar-refractivity contribution >= 4 is 6.08 Å². The van der Waals surface area contributed by atoms with Gasteiger partial charge in [-0.15, -0.1) is 0 Å². The Hall–Kier alpha value is -1.96. The number of aromatic nitrogens is 2. The maximum absolute atomic E-state index is 4.02. The maximum atomic E-state index is 4.02. The van der Waals surface area contributed by atoms with Crippen LogP contribution in [0.5, 0.6) is 0 Å². The fraction of sp³-hybridized carbons (Fsp3) is 0.143. The number of rotatable bonds is 2. The topological polar surface area (TPSA) is 25.8 Å². The molecule has 2 nitrogen and oxygen atoms in total. The minimum Gasteiger partial charge on any atom is -0.265 e. The van der Waals surface area contributed by atoms with Gasteiger partial charge in [-0.2, -0.15) is 0 Å². The summed E-state index contributed by atoms with van der Waals surface area (Å²) in [5, 5.41) is 0. The molecule has 16 heavy (non-hydrogen) atoms. The molecule has 0 aliphatic heterocycles. The lowest BCUT2D eigenvalue weighted by atomic mass is 10.1. The molecule has 2 rings (SSSR count).